The Morgan fingerprint density at radius 1 is 1.08 bits per heavy atom. The molecule has 3 heteroatoms. The van der Waals surface area contributed by atoms with E-state index in [-0.39, 0.29) is 5.92 Å². The first-order valence-electron chi connectivity index (χ1n) is 9.41. The molecule has 0 fully saturated rings. The van der Waals surface area contributed by atoms with Crippen molar-refractivity contribution in [1.82, 2.24) is 0 Å². The van der Waals surface area contributed by atoms with Crippen LogP contribution in [-0.2, 0) is 10.8 Å². The average molecular weight is 351 g/mol. The number of benzene rings is 1. The van der Waals surface area contributed by atoms with Crippen molar-refractivity contribution in [2.75, 3.05) is 0 Å². The highest BCUT2D eigenvalue weighted by molar-refractivity contribution is 7.89. The monoisotopic (exact) mass is 350 g/mol. The van der Waals surface area contributed by atoms with Gasteiger partial charge in [0.05, 0.1) is 16.9 Å². The van der Waals surface area contributed by atoms with Crippen molar-refractivity contribution in [1.29, 1.82) is 0 Å². The number of allylic oxidation sites excluding steroid dienone is 1. The van der Waals surface area contributed by atoms with Crippen molar-refractivity contribution >= 4 is 10.8 Å². The maximum absolute atomic E-state index is 13.2. The molecule has 1 aromatic carbocycles. The summed E-state index contributed by atoms with van der Waals surface area (Å²) in [7, 11) is -1.19. The Labute approximate surface area is 150 Å². The Morgan fingerprint density at radius 2 is 1.67 bits per heavy atom. The van der Waals surface area contributed by atoms with E-state index in [2.05, 4.69) is 20.8 Å². The summed E-state index contributed by atoms with van der Waals surface area (Å²) in [6, 6.07) is 7.91. The summed E-state index contributed by atoms with van der Waals surface area (Å²) in [5.41, 5.74) is 1.17. The lowest BCUT2D eigenvalue weighted by atomic mass is 9.97. The van der Waals surface area contributed by atoms with E-state index in [1.807, 2.05) is 37.3 Å². The Morgan fingerprint density at radius 3 is 2.21 bits per heavy atom. The van der Waals surface area contributed by atoms with E-state index in [1.54, 1.807) is 0 Å². The van der Waals surface area contributed by atoms with Crippen LogP contribution in [0, 0.1) is 12.8 Å². The van der Waals surface area contributed by atoms with E-state index in [0.29, 0.717) is 0 Å². The van der Waals surface area contributed by atoms with Gasteiger partial charge < -0.3 is 5.11 Å². The SMILES string of the molecule is CCCC[C@H](CC)/C(=C/[C@@H](O)CCCC)[S@@](=O)c1ccc(C)cc1. The predicted molar refractivity (Wildman–Crippen MR) is 105 cm³/mol. The van der Waals surface area contributed by atoms with Gasteiger partial charge >= 0.3 is 0 Å². The second-order valence-electron chi connectivity index (χ2n) is 6.61. The van der Waals surface area contributed by atoms with E-state index in [4.69, 9.17) is 0 Å². The van der Waals surface area contributed by atoms with Gasteiger partial charge in [0.25, 0.3) is 0 Å². The normalized spacial score (nSPS) is 16.0. The van der Waals surface area contributed by atoms with Crippen LogP contribution in [0.2, 0.25) is 0 Å². The molecule has 0 aliphatic heterocycles. The van der Waals surface area contributed by atoms with Gasteiger partial charge in [0.15, 0.2) is 0 Å². The fourth-order valence-electron chi connectivity index (χ4n) is 2.83. The summed E-state index contributed by atoms with van der Waals surface area (Å²) in [4.78, 5) is 1.75. The van der Waals surface area contributed by atoms with Crippen molar-refractivity contribution in [2.24, 2.45) is 5.92 Å². The lowest BCUT2D eigenvalue weighted by Crippen LogP contribution is -2.13. The summed E-state index contributed by atoms with van der Waals surface area (Å²) < 4.78 is 13.2. The number of aryl methyl sites for hydroxylation is 1. The molecule has 0 radical (unpaired) electrons. The Balaban J connectivity index is 3.07. The summed E-state index contributed by atoms with van der Waals surface area (Å²) >= 11 is 0. The topological polar surface area (TPSA) is 37.3 Å². The van der Waals surface area contributed by atoms with Crippen molar-refractivity contribution in [3.05, 3.63) is 40.8 Å². The zero-order chi connectivity index (χ0) is 17.9. The van der Waals surface area contributed by atoms with Crippen LogP contribution < -0.4 is 0 Å². The van der Waals surface area contributed by atoms with Crippen molar-refractivity contribution in [3.63, 3.8) is 0 Å². The third kappa shape index (κ3) is 6.90. The highest BCUT2D eigenvalue weighted by atomic mass is 32.2. The summed E-state index contributed by atoms with van der Waals surface area (Å²) in [5.74, 6) is 0.281. The molecule has 3 atom stereocenters. The van der Waals surface area contributed by atoms with Gasteiger partial charge in [-0.15, -0.1) is 0 Å². The zero-order valence-electron chi connectivity index (χ0n) is 15.8. The molecule has 1 N–H and O–H groups in total. The Kier molecular flexibility index (Phi) is 10.2. The van der Waals surface area contributed by atoms with Gasteiger partial charge in [-0.3, -0.25) is 0 Å². The third-order valence-electron chi connectivity index (χ3n) is 4.46. The van der Waals surface area contributed by atoms with Crippen LogP contribution in [0.4, 0.5) is 0 Å². The van der Waals surface area contributed by atoms with E-state index in [0.717, 1.165) is 54.7 Å². The van der Waals surface area contributed by atoms with Gasteiger partial charge in [0.1, 0.15) is 0 Å². The minimum atomic E-state index is -1.19. The van der Waals surface area contributed by atoms with Gasteiger partial charge in [-0.2, -0.15) is 0 Å². The fraction of sp³-hybridized carbons (Fsp3) is 0.619. The molecule has 136 valence electrons. The molecular weight excluding hydrogens is 316 g/mol. The maximum Gasteiger partial charge on any atom is 0.0808 e. The minimum absolute atomic E-state index is 0.281. The average Bonchev–Trinajstić information content (AvgIpc) is 2.59. The number of hydrogen-bond donors (Lipinski definition) is 1. The van der Waals surface area contributed by atoms with Gasteiger partial charge in [-0.25, -0.2) is 4.21 Å². The standard InChI is InChI=1S/C21H34O2S/c1-5-8-10-18(7-3)21(16-19(22)11-9-6-2)24(23)20-14-12-17(4)13-15-20/h12-16,18-19,22H,5-11H2,1-4H3/b21-16-/t18-,19-,24-/m0/s1. The zero-order valence-corrected chi connectivity index (χ0v) is 16.6. The molecule has 0 saturated carbocycles. The van der Waals surface area contributed by atoms with E-state index < -0.39 is 16.9 Å². The molecule has 1 aromatic rings. The van der Waals surface area contributed by atoms with Crippen LogP contribution in [0.15, 0.2) is 40.1 Å². The number of unbranched alkanes of at least 4 members (excludes halogenated alkanes) is 2. The number of aliphatic hydroxyl groups is 1. The lowest BCUT2D eigenvalue weighted by Gasteiger charge is -2.20. The molecular formula is C21H34O2S. The number of rotatable bonds is 11. The Bertz CT molecular complexity index is 519. The quantitative estimate of drug-likeness (QED) is 0.551. The van der Waals surface area contributed by atoms with E-state index in [9.17, 15) is 9.32 Å². The third-order valence-corrected chi connectivity index (χ3v) is 6.06. The van der Waals surface area contributed by atoms with Crippen molar-refractivity contribution in [3.8, 4) is 0 Å². The van der Waals surface area contributed by atoms with Gasteiger partial charge in [-0.1, -0.05) is 64.2 Å². The van der Waals surface area contributed by atoms with Crippen molar-refractivity contribution < 1.29 is 9.32 Å². The molecule has 0 aliphatic rings. The first-order chi connectivity index (χ1) is 11.5. The van der Waals surface area contributed by atoms with E-state index >= 15 is 0 Å². The molecule has 0 aliphatic carbocycles. The van der Waals surface area contributed by atoms with E-state index in [1.165, 1.54) is 5.56 Å². The van der Waals surface area contributed by atoms with Gasteiger partial charge in [0, 0.05) is 9.80 Å². The van der Waals surface area contributed by atoms with Crippen LogP contribution in [0.25, 0.3) is 0 Å². The van der Waals surface area contributed by atoms with Gasteiger partial charge in [-0.05, 0) is 50.3 Å². The van der Waals surface area contributed by atoms with Crippen LogP contribution >= 0.6 is 0 Å². The largest absolute Gasteiger partial charge is 0.389 e. The molecule has 24 heavy (non-hydrogen) atoms. The first kappa shape index (κ1) is 21.1. The molecule has 2 nitrogen and oxygen atoms in total. The lowest BCUT2D eigenvalue weighted by molar-refractivity contribution is 0.208. The fourth-order valence-corrected chi connectivity index (χ4v) is 4.35. The van der Waals surface area contributed by atoms with Gasteiger partial charge in [0.2, 0.25) is 0 Å². The Hall–Kier alpha value is -0.930. The molecule has 0 heterocycles. The molecule has 1 rings (SSSR count). The minimum Gasteiger partial charge on any atom is -0.389 e. The molecule has 0 aromatic heterocycles. The van der Waals surface area contributed by atoms with Crippen LogP contribution in [-0.4, -0.2) is 15.4 Å². The highest BCUT2D eigenvalue weighted by Gasteiger charge is 2.21. The van der Waals surface area contributed by atoms with Crippen molar-refractivity contribution in [2.45, 2.75) is 83.6 Å². The maximum atomic E-state index is 13.2. The highest BCUT2D eigenvalue weighted by Crippen LogP contribution is 2.29. The second kappa shape index (κ2) is 11.6. The molecule has 0 saturated heterocycles. The second-order valence-corrected chi connectivity index (χ2v) is 8.09. The molecule has 0 unspecified atom stereocenters. The molecule has 0 amide bonds. The molecule has 0 spiro atoms. The van der Waals surface area contributed by atoms with Crippen LogP contribution in [0.1, 0.15) is 71.3 Å². The molecule has 0 bridgehead atoms. The van der Waals surface area contributed by atoms with Crippen LogP contribution in [0.5, 0.6) is 0 Å². The van der Waals surface area contributed by atoms with Crippen LogP contribution in [0.3, 0.4) is 0 Å². The predicted octanol–water partition coefficient (Wildman–Crippen LogP) is 5.75. The smallest absolute Gasteiger partial charge is 0.0808 e. The summed E-state index contributed by atoms with van der Waals surface area (Å²) in [5, 5.41) is 10.3. The summed E-state index contributed by atoms with van der Waals surface area (Å²) in [6.45, 7) is 8.49. The number of aliphatic hydroxyl groups excluding tert-OH is 1. The number of hydrogen-bond acceptors (Lipinski definition) is 2. The first-order valence-corrected chi connectivity index (χ1v) is 10.6. The summed E-state index contributed by atoms with van der Waals surface area (Å²) in [6.07, 6.45) is 8.46.